The van der Waals surface area contributed by atoms with Crippen LogP contribution >= 0.6 is 0 Å². The van der Waals surface area contributed by atoms with Crippen LogP contribution in [0, 0.1) is 0 Å². The molecular formula is C16H20N4O. The summed E-state index contributed by atoms with van der Waals surface area (Å²) in [5, 5.41) is 0.719. The Morgan fingerprint density at radius 2 is 1.95 bits per heavy atom. The molecule has 2 aromatic rings. The molecule has 0 amide bonds. The minimum Gasteiger partial charge on any atom is -0.367 e. The Morgan fingerprint density at radius 3 is 2.76 bits per heavy atom. The summed E-state index contributed by atoms with van der Waals surface area (Å²) in [7, 11) is 1.75. The maximum Gasteiger partial charge on any atom is 0.260 e. The van der Waals surface area contributed by atoms with Crippen LogP contribution in [-0.2, 0) is 7.05 Å². The number of aromatic nitrogens is 2. The SMILES string of the molecule is Cn1cnc2ccc(N3CCN4CCC3CC4)cc2c1=O. The zero-order valence-corrected chi connectivity index (χ0v) is 12.3. The number of nitrogens with zero attached hydrogens (tertiary/aromatic N) is 4. The molecule has 0 spiro atoms. The average molecular weight is 284 g/mol. The van der Waals surface area contributed by atoms with Gasteiger partial charge in [-0.1, -0.05) is 0 Å². The number of anilines is 1. The minimum atomic E-state index is 0.0321. The molecule has 5 rings (SSSR count). The van der Waals surface area contributed by atoms with Gasteiger partial charge in [-0.05, 0) is 31.0 Å². The quantitative estimate of drug-likeness (QED) is 0.789. The third-order valence-corrected chi connectivity index (χ3v) is 4.89. The van der Waals surface area contributed by atoms with Crippen molar-refractivity contribution in [1.29, 1.82) is 0 Å². The average Bonchev–Trinajstić information content (AvgIpc) is 2.85. The number of benzene rings is 1. The lowest BCUT2D eigenvalue weighted by Crippen LogP contribution is -2.38. The van der Waals surface area contributed by atoms with E-state index in [-0.39, 0.29) is 5.56 Å². The van der Waals surface area contributed by atoms with Crippen LogP contribution in [0.5, 0.6) is 0 Å². The first-order chi connectivity index (χ1) is 10.2. The van der Waals surface area contributed by atoms with Crippen LogP contribution in [0.25, 0.3) is 10.9 Å². The summed E-state index contributed by atoms with van der Waals surface area (Å²) in [6.07, 6.45) is 4.04. The number of hydrogen-bond acceptors (Lipinski definition) is 4. The summed E-state index contributed by atoms with van der Waals surface area (Å²) < 4.78 is 1.55. The topological polar surface area (TPSA) is 41.4 Å². The van der Waals surface area contributed by atoms with Gasteiger partial charge in [0, 0.05) is 45.0 Å². The van der Waals surface area contributed by atoms with Crippen LogP contribution in [0.15, 0.2) is 29.3 Å². The van der Waals surface area contributed by atoms with Gasteiger partial charge in [-0.25, -0.2) is 4.98 Å². The van der Waals surface area contributed by atoms with E-state index in [1.165, 1.54) is 31.6 Å². The number of aryl methyl sites for hydroxylation is 1. The molecule has 0 aliphatic carbocycles. The molecule has 3 fully saturated rings. The highest BCUT2D eigenvalue weighted by Gasteiger charge is 2.29. The molecule has 0 atom stereocenters. The lowest BCUT2D eigenvalue weighted by atomic mass is 10.0. The highest BCUT2D eigenvalue weighted by Crippen LogP contribution is 2.28. The van der Waals surface area contributed by atoms with E-state index in [9.17, 15) is 4.79 Å². The van der Waals surface area contributed by atoms with E-state index in [1.807, 2.05) is 12.1 Å². The van der Waals surface area contributed by atoms with Gasteiger partial charge in [0.2, 0.25) is 0 Å². The highest BCUT2D eigenvalue weighted by atomic mass is 16.1. The predicted octanol–water partition coefficient (Wildman–Crippen LogP) is 1.22. The fourth-order valence-corrected chi connectivity index (χ4v) is 3.60. The smallest absolute Gasteiger partial charge is 0.260 e. The van der Waals surface area contributed by atoms with Gasteiger partial charge in [0.25, 0.3) is 5.56 Å². The first kappa shape index (κ1) is 12.8. The van der Waals surface area contributed by atoms with Gasteiger partial charge >= 0.3 is 0 Å². The van der Waals surface area contributed by atoms with Crippen molar-refractivity contribution < 1.29 is 0 Å². The van der Waals surface area contributed by atoms with E-state index in [4.69, 9.17) is 0 Å². The molecule has 0 saturated carbocycles. The molecule has 5 nitrogen and oxygen atoms in total. The molecule has 0 N–H and O–H groups in total. The summed E-state index contributed by atoms with van der Waals surface area (Å²) in [6.45, 7) is 4.59. The fourth-order valence-electron chi connectivity index (χ4n) is 3.60. The zero-order valence-electron chi connectivity index (χ0n) is 12.3. The summed E-state index contributed by atoms with van der Waals surface area (Å²) in [5.74, 6) is 0. The maximum atomic E-state index is 12.3. The third kappa shape index (κ3) is 2.12. The summed E-state index contributed by atoms with van der Waals surface area (Å²) >= 11 is 0. The Morgan fingerprint density at radius 1 is 1.14 bits per heavy atom. The molecular weight excluding hydrogens is 264 g/mol. The van der Waals surface area contributed by atoms with Crippen molar-refractivity contribution in [3.05, 3.63) is 34.9 Å². The molecule has 2 bridgehead atoms. The zero-order chi connectivity index (χ0) is 14.4. The van der Waals surface area contributed by atoms with Gasteiger partial charge in [-0.15, -0.1) is 0 Å². The van der Waals surface area contributed by atoms with Crippen LogP contribution in [0.4, 0.5) is 5.69 Å². The van der Waals surface area contributed by atoms with Crippen molar-refractivity contribution in [3.63, 3.8) is 0 Å². The molecule has 1 aromatic heterocycles. The van der Waals surface area contributed by atoms with Gasteiger partial charge in [0.15, 0.2) is 0 Å². The van der Waals surface area contributed by atoms with Crippen molar-refractivity contribution in [2.24, 2.45) is 7.05 Å². The molecule has 4 heterocycles. The van der Waals surface area contributed by atoms with Crippen molar-refractivity contribution in [1.82, 2.24) is 14.5 Å². The van der Waals surface area contributed by atoms with Crippen LogP contribution in [0.2, 0.25) is 0 Å². The Balaban J connectivity index is 1.79. The molecule has 0 unspecified atom stereocenters. The number of piperidine rings is 1. The van der Waals surface area contributed by atoms with E-state index in [0.717, 1.165) is 24.0 Å². The Labute approximate surface area is 123 Å². The van der Waals surface area contributed by atoms with Crippen LogP contribution < -0.4 is 10.5 Å². The minimum absolute atomic E-state index is 0.0321. The molecule has 1 aromatic carbocycles. The predicted molar refractivity (Wildman–Crippen MR) is 83.8 cm³/mol. The monoisotopic (exact) mass is 284 g/mol. The van der Waals surface area contributed by atoms with Crippen LogP contribution in [0.3, 0.4) is 0 Å². The molecule has 3 aliphatic rings. The molecule has 5 heteroatoms. The number of rotatable bonds is 1. The van der Waals surface area contributed by atoms with Gasteiger partial charge in [0.05, 0.1) is 17.2 Å². The van der Waals surface area contributed by atoms with Gasteiger partial charge in [-0.3, -0.25) is 4.79 Å². The summed E-state index contributed by atoms with van der Waals surface area (Å²) in [4.78, 5) is 21.6. The molecule has 3 saturated heterocycles. The lowest BCUT2D eigenvalue weighted by Gasteiger charge is -2.33. The van der Waals surface area contributed by atoms with Crippen LogP contribution in [0.1, 0.15) is 12.8 Å². The molecule has 0 radical (unpaired) electrons. The highest BCUT2D eigenvalue weighted by molar-refractivity contribution is 5.81. The second-order valence-corrected chi connectivity index (χ2v) is 6.13. The maximum absolute atomic E-state index is 12.3. The summed E-state index contributed by atoms with van der Waals surface area (Å²) in [6, 6.07) is 6.73. The second kappa shape index (κ2) is 4.84. The largest absolute Gasteiger partial charge is 0.367 e. The van der Waals surface area contributed by atoms with Gasteiger partial charge in [0.1, 0.15) is 0 Å². The van der Waals surface area contributed by atoms with Crippen molar-refractivity contribution in [3.8, 4) is 0 Å². The third-order valence-electron chi connectivity index (χ3n) is 4.89. The molecule has 21 heavy (non-hydrogen) atoms. The van der Waals surface area contributed by atoms with E-state index in [0.29, 0.717) is 6.04 Å². The lowest BCUT2D eigenvalue weighted by molar-refractivity contribution is 0.250. The van der Waals surface area contributed by atoms with Crippen molar-refractivity contribution in [2.45, 2.75) is 18.9 Å². The number of fused-ring (bicyclic) bond motifs is 5. The van der Waals surface area contributed by atoms with E-state index in [2.05, 4.69) is 20.9 Å². The fraction of sp³-hybridized carbons (Fsp3) is 0.500. The Hall–Kier alpha value is -1.88. The van der Waals surface area contributed by atoms with E-state index in [1.54, 1.807) is 17.9 Å². The number of hydrogen-bond donors (Lipinski definition) is 0. The van der Waals surface area contributed by atoms with Crippen LogP contribution in [-0.4, -0.2) is 46.7 Å². The van der Waals surface area contributed by atoms with Gasteiger partial charge in [-0.2, -0.15) is 0 Å². The van der Waals surface area contributed by atoms with E-state index < -0.39 is 0 Å². The first-order valence-corrected chi connectivity index (χ1v) is 7.67. The van der Waals surface area contributed by atoms with Gasteiger partial charge < -0.3 is 14.4 Å². The molecule has 3 aliphatic heterocycles. The standard InChI is InChI=1S/C16H20N4O/c1-18-11-17-15-3-2-13(10-14(15)16(18)21)20-9-8-19-6-4-12(20)5-7-19/h2-3,10-12H,4-9H2,1H3. The first-order valence-electron chi connectivity index (χ1n) is 7.67. The van der Waals surface area contributed by atoms with Crippen molar-refractivity contribution >= 4 is 16.6 Å². The summed E-state index contributed by atoms with van der Waals surface area (Å²) in [5.41, 5.74) is 1.98. The van der Waals surface area contributed by atoms with Crippen molar-refractivity contribution in [2.75, 3.05) is 31.1 Å². The second-order valence-electron chi connectivity index (χ2n) is 6.13. The molecule has 110 valence electrons. The normalized spacial score (nSPS) is 25.3. The van der Waals surface area contributed by atoms with E-state index >= 15 is 0 Å². The Kier molecular flexibility index (Phi) is 2.96. The Bertz CT molecular complexity index is 731.